The Balaban J connectivity index is 2.41. The topological polar surface area (TPSA) is 52.6 Å². The van der Waals surface area contributed by atoms with E-state index in [9.17, 15) is 14.0 Å². The van der Waals surface area contributed by atoms with Gasteiger partial charge in [-0.05, 0) is 34.1 Å². The van der Waals surface area contributed by atoms with Gasteiger partial charge in [0.2, 0.25) is 0 Å². The lowest BCUT2D eigenvalue weighted by molar-refractivity contribution is -0.146. The first-order valence-electron chi connectivity index (χ1n) is 5.40. The molecule has 0 aliphatic carbocycles. The van der Waals surface area contributed by atoms with Crippen molar-refractivity contribution in [1.29, 1.82) is 0 Å². The molecule has 0 aliphatic heterocycles. The molecule has 4 nitrogen and oxygen atoms in total. The molecule has 1 aromatic rings. The average Bonchev–Trinajstić information content (AvgIpc) is 2.37. The zero-order valence-electron chi connectivity index (χ0n) is 9.83. The van der Waals surface area contributed by atoms with Crippen molar-refractivity contribution in [2.75, 3.05) is 12.5 Å². The molecule has 0 heterocycles. The van der Waals surface area contributed by atoms with Gasteiger partial charge in [0, 0.05) is 0 Å². The summed E-state index contributed by atoms with van der Waals surface area (Å²) < 4.78 is 22.8. The quantitative estimate of drug-likeness (QED) is 0.448. The minimum atomic E-state index is -0.602. The van der Waals surface area contributed by atoms with E-state index in [1.165, 1.54) is 18.2 Å². The van der Waals surface area contributed by atoms with Gasteiger partial charge in [0.25, 0.3) is 0 Å². The second-order valence-electron chi connectivity index (χ2n) is 3.46. The number of carbonyl (C=O) groups excluding carboxylic acids is 2. The van der Waals surface area contributed by atoms with Gasteiger partial charge in [-0.25, -0.2) is 4.39 Å². The minimum absolute atomic E-state index is 0.0888. The largest absolute Gasteiger partial charge is 0.464 e. The highest BCUT2D eigenvalue weighted by molar-refractivity contribution is 9.10. The van der Waals surface area contributed by atoms with Crippen molar-refractivity contribution >= 4 is 39.5 Å². The Bertz CT molecular complexity index is 467. The summed E-state index contributed by atoms with van der Waals surface area (Å²) in [5, 5.41) is 0. The number of rotatable bonds is 6. The van der Waals surface area contributed by atoms with Crippen LogP contribution in [0.5, 0.6) is 5.75 Å². The van der Waals surface area contributed by atoms with Gasteiger partial charge in [0.15, 0.2) is 0 Å². The molecule has 1 rings (SSSR count). The molecule has 0 unspecified atom stereocenters. The molecule has 0 amide bonds. The van der Waals surface area contributed by atoms with Crippen LogP contribution in [0.1, 0.15) is 12.8 Å². The van der Waals surface area contributed by atoms with Gasteiger partial charge in [0.1, 0.15) is 18.2 Å². The summed E-state index contributed by atoms with van der Waals surface area (Å²) in [6, 6.07) is 3.67. The van der Waals surface area contributed by atoms with Crippen molar-refractivity contribution < 1.29 is 23.5 Å². The lowest BCUT2D eigenvalue weighted by Crippen LogP contribution is -2.13. The molecule has 0 aliphatic rings. The molecule has 0 radical (unpaired) electrons. The van der Waals surface area contributed by atoms with E-state index in [0.29, 0.717) is 4.47 Å². The van der Waals surface area contributed by atoms with Crippen LogP contribution in [0, 0.1) is 5.82 Å². The first kappa shape index (κ1) is 15.9. The van der Waals surface area contributed by atoms with Crippen molar-refractivity contribution in [2.24, 2.45) is 0 Å². The highest BCUT2D eigenvalue weighted by Crippen LogP contribution is 2.25. The van der Waals surface area contributed by atoms with E-state index in [-0.39, 0.29) is 31.1 Å². The van der Waals surface area contributed by atoms with Crippen molar-refractivity contribution in [3.05, 3.63) is 28.5 Å². The molecule has 0 saturated heterocycles. The fourth-order valence-electron chi connectivity index (χ4n) is 1.16. The number of hydrogen-bond acceptors (Lipinski definition) is 4. The highest BCUT2D eigenvalue weighted by atomic mass is 79.9. The van der Waals surface area contributed by atoms with Crippen LogP contribution in [0.3, 0.4) is 0 Å². The predicted molar refractivity (Wildman–Crippen MR) is 70.6 cm³/mol. The Morgan fingerprint density at radius 3 is 2.58 bits per heavy atom. The number of alkyl halides is 1. The van der Waals surface area contributed by atoms with Gasteiger partial charge in [-0.2, -0.15) is 0 Å². The molecule has 7 heteroatoms. The number of esters is 2. The van der Waals surface area contributed by atoms with Crippen LogP contribution in [0.4, 0.5) is 4.39 Å². The van der Waals surface area contributed by atoms with E-state index in [1.54, 1.807) is 0 Å². The van der Waals surface area contributed by atoms with Gasteiger partial charge in [0.05, 0.1) is 23.2 Å². The third-order valence-electron chi connectivity index (χ3n) is 1.99. The maximum absolute atomic E-state index is 12.8. The third kappa shape index (κ3) is 6.02. The first-order chi connectivity index (χ1) is 9.02. The maximum Gasteiger partial charge on any atom is 0.311 e. The lowest BCUT2D eigenvalue weighted by Gasteiger charge is -2.06. The normalized spacial score (nSPS) is 10.1. The van der Waals surface area contributed by atoms with Crippen LogP contribution in [0.25, 0.3) is 0 Å². The summed E-state index contributed by atoms with van der Waals surface area (Å²) in [6.45, 7) is 0.110. The number of carbonyl (C=O) groups is 2. The van der Waals surface area contributed by atoms with Gasteiger partial charge < -0.3 is 9.47 Å². The van der Waals surface area contributed by atoms with E-state index < -0.39 is 17.8 Å². The number of benzene rings is 1. The zero-order chi connectivity index (χ0) is 14.3. The maximum atomic E-state index is 12.8. The molecule has 0 fully saturated rings. The highest BCUT2D eigenvalue weighted by Gasteiger charge is 2.12. The Labute approximate surface area is 123 Å². The summed E-state index contributed by atoms with van der Waals surface area (Å²) in [5.74, 6) is -1.17. The monoisotopic (exact) mass is 352 g/mol. The fraction of sp³-hybridized carbons (Fsp3) is 0.333. The van der Waals surface area contributed by atoms with E-state index in [0.717, 1.165) is 0 Å². The Morgan fingerprint density at radius 1 is 1.26 bits per heavy atom. The Kier molecular flexibility index (Phi) is 6.80. The fourth-order valence-corrected chi connectivity index (χ4v) is 1.67. The van der Waals surface area contributed by atoms with Gasteiger partial charge in [-0.3, -0.25) is 9.59 Å². The molecule has 1 aromatic carbocycles. The van der Waals surface area contributed by atoms with Crippen LogP contribution in [-0.2, 0) is 14.3 Å². The van der Waals surface area contributed by atoms with Crippen molar-refractivity contribution in [1.82, 2.24) is 0 Å². The summed E-state index contributed by atoms with van der Waals surface area (Å²) in [7, 11) is 0. The average molecular weight is 354 g/mol. The van der Waals surface area contributed by atoms with Crippen LogP contribution in [0.15, 0.2) is 22.7 Å². The Hall–Kier alpha value is -1.14. The summed E-state index contributed by atoms with van der Waals surface area (Å²) in [5.41, 5.74) is 0. The van der Waals surface area contributed by atoms with E-state index in [2.05, 4.69) is 15.9 Å². The van der Waals surface area contributed by atoms with Crippen LogP contribution >= 0.6 is 27.5 Å². The molecular formula is C12H11BrClFO4. The van der Waals surface area contributed by atoms with Gasteiger partial charge >= 0.3 is 11.9 Å². The van der Waals surface area contributed by atoms with Crippen LogP contribution < -0.4 is 4.74 Å². The van der Waals surface area contributed by atoms with E-state index in [4.69, 9.17) is 21.1 Å². The second kappa shape index (κ2) is 8.12. The van der Waals surface area contributed by atoms with Crippen LogP contribution in [-0.4, -0.2) is 24.4 Å². The van der Waals surface area contributed by atoms with Crippen molar-refractivity contribution in [3.8, 4) is 5.75 Å². The SMILES string of the molecule is O=C(CCC(=O)Oc1ccc(F)cc1Br)OCCCl. The zero-order valence-corrected chi connectivity index (χ0v) is 12.2. The molecule has 0 atom stereocenters. The second-order valence-corrected chi connectivity index (χ2v) is 4.69. The summed E-state index contributed by atoms with van der Waals surface area (Å²) >= 11 is 8.41. The minimum Gasteiger partial charge on any atom is -0.464 e. The standard InChI is InChI=1S/C12H11BrClFO4/c13-9-7-8(15)1-2-10(9)19-12(17)4-3-11(16)18-6-5-14/h1-2,7H,3-6H2. The molecule has 0 aromatic heterocycles. The van der Waals surface area contributed by atoms with Gasteiger partial charge in [-0.1, -0.05) is 0 Å². The smallest absolute Gasteiger partial charge is 0.311 e. The Morgan fingerprint density at radius 2 is 1.95 bits per heavy atom. The number of ether oxygens (including phenoxy) is 2. The van der Waals surface area contributed by atoms with Crippen LogP contribution in [0.2, 0.25) is 0 Å². The molecule has 104 valence electrons. The number of halogens is 3. The first-order valence-corrected chi connectivity index (χ1v) is 6.73. The lowest BCUT2D eigenvalue weighted by atomic mass is 10.3. The predicted octanol–water partition coefficient (Wildman–Crippen LogP) is 3.06. The van der Waals surface area contributed by atoms with Crippen molar-refractivity contribution in [2.45, 2.75) is 12.8 Å². The van der Waals surface area contributed by atoms with E-state index >= 15 is 0 Å². The van der Waals surface area contributed by atoms with Gasteiger partial charge in [-0.15, -0.1) is 11.6 Å². The molecule has 0 bridgehead atoms. The number of hydrogen-bond donors (Lipinski definition) is 0. The molecular weight excluding hydrogens is 342 g/mol. The van der Waals surface area contributed by atoms with Crippen molar-refractivity contribution in [3.63, 3.8) is 0 Å². The molecule has 0 N–H and O–H groups in total. The van der Waals surface area contributed by atoms with E-state index in [1.807, 2.05) is 0 Å². The summed E-state index contributed by atoms with van der Waals surface area (Å²) in [6.07, 6.45) is -0.209. The summed E-state index contributed by atoms with van der Waals surface area (Å²) in [4.78, 5) is 22.6. The molecule has 19 heavy (non-hydrogen) atoms. The molecule has 0 saturated carbocycles. The molecule has 0 spiro atoms. The third-order valence-corrected chi connectivity index (χ3v) is 2.77.